The second kappa shape index (κ2) is 7.04. The van der Waals surface area contributed by atoms with E-state index in [2.05, 4.69) is 10.6 Å². The number of para-hydroxylation sites is 1. The molecule has 1 aromatic heterocycles. The van der Waals surface area contributed by atoms with Crippen LogP contribution in [0.25, 0.3) is 11.0 Å². The van der Waals surface area contributed by atoms with Crippen LogP contribution in [0.1, 0.15) is 30.2 Å². The van der Waals surface area contributed by atoms with Gasteiger partial charge >= 0.3 is 0 Å². The molecule has 5 heteroatoms. The van der Waals surface area contributed by atoms with Gasteiger partial charge in [0.2, 0.25) is 11.8 Å². The molecule has 0 radical (unpaired) electrons. The maximum atomic E-state index is 12.4. The van der Waals surface area contributed by atoms with Crippen molar-refractivity contribution >= 4 is 22.8 Å². The summed E-state index contributed by atoms with van der Waals surface area (Å²) < 4.78 is 5.96. The van der Waals surface area contributed by atoms with Crippen molar-refractivity contribution in [2.75, 3.05) is 6.54 Å². The summed E-state index contributed by atoms with van der Waals surface area (Å²) in [5.41, 5.74) is 1.70. The number of amides is 2. The van der Waals surface area contributed by atoms with Crippen LogP contribution in [0.3, 0.4) is 0 Å². The Morgan fingerprint density at radius 3 is 2.50 bits per heavy atom. The van der Waals surface area contributed by atoms with Gasteiger partial charge in [-0.2, -0.15) is 0 Å². The Hall–Kier alpha value is -3.08. The van der Waals surface area contributed by atoms with Crippen LogP contribution in [0.15, 0.2) is 65.1 Å². The number of hydrogen-bond acceptors (Lipinski definition) is 3. The minimum absolute atomic E-state index is 0.0289. The van der Waals surface area contributed by atoms with Gasteiger partial charge in [-0.3, -0.25) is 9.59 Å². The first-order valence-corrected chi connectivity index (χ1v) is 8.81. The van der Waals surface area contributed by atoms with Gasteiger partial charge in [0, 0.05) is 11.3 Å². The number of carbonyl (C=O) groups is 2. The molecule has 1 aliphatic rings. The second-order valence-electron chi connectivity index (χ2n) is 6.59. The van der Waals surface area contributed by atoms with E-state index in [1.165, 1.54) is 0 Å². The van der Waals surface area contributed by atoms with Crippen molar-refractivity contribution in [3.05, 3.63) is 72.0 Å². The number of benzene rings is 2. The fourth-order valence-electron chi connectivity index (χ4n) is 2.98. The van der Waals surface area contributed by atoms with E-state index in [1.807, 2.05) is 60.7 Å². The minimum atomic E-state index is -0.408. The molecule has 0 spiro atoms. The van der Waals surface area contributed by atoms with Crippen LogP contribution in [0.2, 0.25) is 0 Å². The van der Waals surface area contributed by atoms with E-state index in [9.17, 15) is 9.59 Å². The van der Waals surface area contributed by atoms with Crippen LogP contribution >= 0.6 is 0 Å². The van der Waals surface area contributed by atoms with E-state index >= 15 is 0 Å². The van der Waals surface area contributed by atoms with Crippen LogP contribution in [0.5, 0.6) is 0 Å². The Morgan fingerprint density at radius 1 is 1.04 bits per heavy atom. The van der Waals surface area contributed by atoms with E-state index < -0.39 is 6.04 Å². The average molecular weight is 348 g/mol. The Morgan fingerprint density at radius 2 is 1.77 bits per heavy atom. The summed E-state index contributed by atoms with van der Waals surface area (Å²) in [7, 11) is 0. The molecule has 132 valence electrons. The zero-order chi connectivity index (χ0) is 17.9. The zero-order valence-corrected chi connectivity index (χ0v) is 14.3. The van der Waals surface area contributed by atoms with Crippen LogP contribution < -0.4 is 10.6 Å². The number of rotatable bonds is 6. The molecule has 2 amide bonds. The molecule has 1 fully saturated rings. The molecule has 0 aliphatic heterocycles. The van der Waals surface area contributed by atoms with Gasteiger partial charge in [-0.1, -0.05) is 48.5 Å². The lowest BCUT2D eigenvalue weighted by Gasteiger charge is -2.17. The van der Waals surface area contributed by atoms with Crippen molar-refractivity contribution in [3.8, 4) is 0 Å². The quantitative estimate of drug-likeness (QED) is 0.719. The first kappa shape index (κ1) is 16.4. The van der Waals surface area contributed by atoms with E-state index in [-0.39, 0.29) is 24.3 Å². The topological polar surface area (TPSA) is 71.3 Å². The number of furan rings is 1. The van der Waals surface area contributed by atoms with Crippen molar-refractivity contribution in [1.29, 1.82) is 0 Å². The normalized spacial score (nSPS) is 14.8. The van der Waals surface area contributed by atoms with Gasteiger partial charge in [0.05, 0.1) is 6.54 Å². The molecule has 3 aromatic rings. The van der Waals surface area contributed by atoms with Crippen molar-refractivity contribution < 1.29 is 14.0 Å². The molecular weight excluding hydrogens is 328 g/mol. The smallest absolute Gasteiger partial charge is 0.240 e. The van der Waals surface area contributed by atoms with Gasteiger partial charge in [0.15, 0.2) is 0 Å². The van der Waals surface area contributed by atoms with E-state index in [0.29, 0.717) is 5.76 Å². The third kappa shape index (κ3) is 3.61. The highest BCUT2D eigenvalue weighted by molar-refractivity contribution is 5.87. The van der Waals surface area contributed by atoms with Crippen molar-refractivity contribution in [3.63, 3.8) is 0 Å². The van der Waals surface area contributed by atoms with Crippen molar-refractivity contribution in [1.82, 2.24) is 10.6 Å². The highest BCUT2D eigenvalue weighted by Gasteiger charge is 2.30. The number of nitrogens with one attached hydrogen (secondary N) is 2. The molecule has 26 heavy (non-hydrogen) atoms. The first-order valence-electron chi connectivity index (χ1n) is 8.81. The van der Waals surface area contributed by atoms with Gasteiger partial charge in [0.25, 0.3) is 0 Å². The summed E-state index contributed by atoms with van der Waals surface area (Å²) >= 11 is 0. The lowest BCUT2D eigenvalue weighted by atomic mass is 10.0. The molecule has 0 bridgehead atoms. The van der Waals surface area contributed by atoms with Gasteiger partial charge in [-0.05, 0) is 30.5 Å². The highest BCUT2D eigenvalue weighted by atomic mass is 16.3. The third-order valence-electron chi connectivity index (χ3n) is 4.54. The lowest BCUT2D eigenvalue weighted by Crippen LogP contribution is -2.39. The van der Waals surface area contributed by atoms with Gasteiger partial charge in [-0.25, -0.2) is 0 Å². The number of carbonyl (C=O) groups excluding carboxylic acids is 2. The first-order chi connectivity index (χ1) is 12.7. The monoisotopic (exact) mass is 348 g/mol. The van der Waals surface area contributed by atoms with Gasteiger partial charge in [-0.15, -0.1) is 0 Å². The van der Waals surface area contributed by atoms with E-state index in [1.54, 1.807) is 0 Å². The molecule has 5 nitrogen and oxygen atoms in total. The molecule has 0 unspecified atom stereocenters. The maximum absolute atomic E-state index is 12.4. The summed E-state index contributed by atoms with van der Waals surface area (Å²) in [6, 6.07) is 18.9. The molecule has 1 aliphatic carbocycles. The molecular formula is C21H20N2O3. The fraction of sp³-hybridized carbons (Fsp3) is 0.238. The SMILES string of the molecule is O=C(CNC(=O)C1CC1)N[C@@H](c1ccccc1)c1cc2ccccc2o1. The largest absolute Gasteiger partial charge is 0.459 e. The third-order valence-corrected chi connectivity index (χ3v) is 4.54. The summed E-state index contributed by atoms with van der Waals surface area (Å²) in [5.74, 6) is 0.468. The lowest BCUT2D eigenvalue weighted by molar-refractivity contribution is -0.127. The fourth-order valence-corrected chi connectivity index (χ4v) is 2.98. The summed E-state index contributed by atoms with van der Waals surface area (Å²) in [4.78, 5) is 24.1. The van der Waals surface area contributed by atoms with E-state index in [0.717, 1.165) is 29.4 Å². The molecule has 1 saturated carbocycles. The maximum Gasteiger partial charge on any atom is 0.240 e. The Labute approximate surface area is 151 Å². The Kier molecular flexibility index (Phi) is 4.44. The van der Waals surface area contributed by atoms with Crippen LogP contribution in [0.4, 0.5) is 0 Å². The predicted molar refractivity (Wildman–Crippen MR) is 98.4 cm³/mol. The summed E-state index contributed by atoms with van der Waals surface area (Å²) in [6.07, 6.45) is 1.83. The van der Waals surface area contributed by atoms with E-state index in [4.69, 9.17) is 4.42 Å². The molecule has 2 aromatic carbocycles. The summed E-state index contributed by atoms with van der Waals surface area (Å²) in [6.45, 7) is -0.0289. The van der Waals surface area contributed by atoms with Crippen LogP contribution in [-0.2, 0) is 9.59 Å². The molecule has 1 heterocycles. The summed E-state index contributed by atoms with van der Waals surface area (Å²) in [5, 5.41) is 6.66. The number of hydrogen-bond donors (Lipinski definition) is 2. The zero-order valence-electron chi connectivity index (χ0n) is 14.3. The van der Waals surface area contributed by atoms with Crippen molar-refractivity contribution in [2.45, 2.75) is 18.9 Å². The molecule has 1 atom stereocenters. The highest BCUT2D eigenvalue weighted by Crippen LogP contribution is 2.29. The van der Waals surface area contributed by atoms with Gasteiger partial charge < -0.3 is 15.1 Å². The van der Waals surface area contributed by atoms with Crippen molar-refractivity contribution in [2.24, 2.45) is 5.92 Å². The molecule has 0 saturated heterocycles. The Balaban J connectivity index is 1.54. The average Bonchev–Trinajstić information content (AvgIpc) is 3.43. The standard InChI is InChI=1S/C21H20N2O3/c24-19(13-22-21(25)15-10-11-15)23-20(14-6-2-1-3-7-14)18-12-16-8-4-5-9-17(16)26-18/h1-9,12,15,20H,10-11,13H2,(H,22,25)(H,23,24)/t20-/m0/s1. The molecule has 4 rings (SSSR count). The van der Waals surface area contributed by atoms with Crippen LogP contribution in [0, 0.1) is 5.92 Å². The predicted octanol–water partition coefficient (Wildman–Crippen LogP) is 3.16. The van der Waals surface area contributed by atoms with Gasteiger partial charge in [0.1, 0.15) is 17.4 Å². The molecule has 2 N–H and O–H groups in total. The Bertz CT molecular complexity index is 896. The van der Waals surface area contributed by atoms with Crippen LogP contribution in [-0.4, -0.2) is 18.4 Å². The minimum Gasteiger partial charge on any atom is -0.459 e. The number of fused-ring (bicyclic) bond motifs is 1. The second-order valence-corrected chi connectivity index (χ2v) is 6.59.